The normalized spacial score (nSPS) is 29.7. The van der Waals surface area contributed by atoms with Gasteiger partial charge in [-0.3, -0.25) is 0 Å². The molecule has 1 aromatic carbocycles. The van der Waals surface area contributed by atoms with E-state index >= 15 is 0 Å². The van der Waals surface area contributed by atoms with Crippen LogP contribution in [0, 0.1) is 5.92 Å². The number of fused-ring (bicyclic) bond motifs is 1. The Kier molecular flexibility index (Phi) is 3.90. The quantitative estimate of drug-likeness (QED) is 0.840. The molecule has 1 atom stereocenters. The number of aldehydes is 1. The second-order valence-electron chi connectivity index (χ2n) is 7.40. The molecule has 4 rings (SSSR count). The third kappa shape index (κ3) is 2.48. The van der Waals surface area contributed by atoms with Crippen molar-refractivity contribution in [2.75, 3.05) is 19.6 Å². The van der Waals surface area contributed by atoms with Crippen LogP contribution in [0.4, 0.5) is 0 Å². The number of phenolic OH excluding ortho intramolecular Hbond substituents is 1. The molecule has 0 spiro atoms. The smallest absolute Gasteiger partial charge is 0.144 e. The van der Waals surface area contributed by atoms with Gasteiger partial charge < -0.3 is 20.1 Å². The third-order valence-corrected chi connectivity index (χ3v) is 6.30. The van der Waals surface area contributed by atoms with Gasteiger partial charge in [0.1, 0.15) is 17.6 Å². The Morgan fingerprint density at radius 3 is 2.65 bits per heavy atom. The zero-order chi connectivity index (χ0) is 15.9. The number of hydrogen-bond acceptors (Lipinski definition) is 4. The minimum Gasteiger partial charge on any atom is -0.508 e. The van der Waals surface area contributed by atoms with E-state index in [2.05, 4.69) is 10.2 Å². The first kappa shape index (κ1) is 15.2. The molecule has 0 amide bonds. The van der Waals surface area contributed by atoms with Gasteiger partial charge in [-0.1, -0.05) is 12.5 Å². The van der Waals surface area contributed by atoms with E-state index in [4.69, 9.17) is 0 Å². The maximum atomic E-state index is 12.2. The average Bonchev–Trinajstić information content (AvgIpc) is 2.53. The van der Waals surface area contributed by atoms with Gasteiger partial charge in [0.2, 0.25) is 0 Å². The number of hydrogen-bond donors (Lipinski definition) is 2. The zero-order valence-electron chi connectivity index (χ0n) is 13.6. The van der Waals surface area contributed by atoms with E-state index in [1.165, 1.54) is 19.3 Å². The van der Waals surface area contributed by atoms with Crippen molar-refractivity contribution in [2.24, 2.45) is 5.92 Å². The molecule has 0 bridgehead atoms. The van der Waals surface area contributed by atoms with Crippen molar-refractivity contribution in [3.63, 3.8) is 0 Å². The fourth-order valence-corrected chi connectivity index (χ4v) is 4.73. The van der Waals surface area contributed by atoms with E-state index in [-0.39, 0.29) is 0 Å². The lowest BCUT2D eigenvalue weighted by Crippen LogP contribution is -2.57. The van der Waals surface area contributed by atoms with Crippen LogP contribution < -0.4 is 5.32 Å². The van der Waals surface area contributed by atoms with Gasteiger partial charge in [0.15, 0.2) is 0 Å². The van der Waals surface area contributed by atoms with Crippen molar-refractivity contribution in [1.29, 1.82) is 0 Å². The van der Waals surface area contributed by atoms with E-state index in [0.717, 1.165) is 62.4 Å². The summed E-state index contributed by atoms with van der Waals surface area (Å²) in [6.07, 6.45) is 8.23. The van der Waals surface area contributed by atoms with Gasteiger partial charge in [-0.2, -0.15) is 0 Å². The standard InChI is InChI=1S/C19H26N2O2/c22-13-19(15-7-10-21(11-8-15)16-2-1-3-16)18-5-4-17(23)12-14(18)6-9-20-19/h4-5,12-13,15-16,20,23H,1-3,6-11H2. The van der Waals surface area contributed by atoms with Crippen LogP contribution in [0.5, 0.6) is 5.75 Å². The monoisotopic (exact) mass is 314 g/mol. The van der Waals surface area contributed by atoms with Crippen LogP contribution in [0.2, 0.25) is 0 Å². The average molecular weight is 314 g/mol. The van der Waals surface area contributed by atoms with Crippen molar-refractivity contribution in [1.82, 2.24) is 10.2 Å². The van der Waals surface area contributed by atoms with Crippen LogP contribution in [0.1, 0.15) is 43.2 Å². The second-order valence-corrected chi connectivity index (χ2v) is 7.40. The Balaban J connectivity index is 1.58. The van der Waals surface area contributed by atoms with E-state index in [1.54, 1.807) is 6.07 Å². The minimum atomic E-state index is -0.563. The number of nitrogens with zero attached hydrogens (tertiary/aromatic N) is 1. The van der Waals surface area contributed by atoms with Crippen molar-refractivity contribution in [2.45, 2.75) is 50.1 Å². The first-order valence-corrected chi connectivity index (χ1v) is 9.01. The van der Waals surface area contributed by atoms with Gasteiger partial charge in [-0.25, -0.2) is 0 Å². The van der Waals surface area contributed by atoms with Gasteiger partial charge in [-0.05, 0) is 74.4 Å². The molecule has 2 aliphatic heterocycles. The van der Waals surface area contributed by atoms with Gasteiger partial charge >= 0.3 is 0 Å². The molecule has 4 heteroatoms. The fourth-order valence-electron chi connectivity index (χ4n) is 4.73. The predicted molar refractivity (Wildman–Crippen MR) is 89.5 cm³/mol. The number of carbonyl (C=O) groups is 1. The highest BCUT2D eigenvalue weighted by Crippen LogP contribution is 2.41. The van der Waals surface area contributed by atoms with Crippen molar-refractivity contribution < 1.29 is 9.90 Å². The summed E-state index contributed by atoms with van der Waals surface area (Å²) in [5.41, 5.74) is 1.64. The Bertz CT molecular complexity index is 591. The summed E-state index contributed by atoms with van der Waals surface area (Å²) < 4.78 is 0. The number of nitrogens with one attached hydrogen (secondary N) is 1. The van der Waals surface area contributed by atoms with Gasteiger partial charge in [0, 0.05) is 12.6 Å². The van der Waals surface area contributed by atoms with E-state index in [1.807, 2.05) is 12.1 Å². The molecule has 2 N–H and O–H groups in total. The van der Waals surface area contributed by atoms with Gasteiger partial charge in [0.25, 0.3) is 0 Å². The summed E-state index contributed by atoms with van der Waals surface area (Å²) in [5.74, 6) is 0.644. The first-order chi connectivity index (χ1) is 11.2. The Labute approximate surface area is 137 Å². The molecule has 1 saturated heterocycles. The molecule has 2 fully saturated rings. The van der Waals surface area contributed by atoms with E-state index in [0.29, 0.717) is 11.7 Å². The molecule has 23 heavy (non-hydrogen) atoms. The number of aromatic hydroxyl groups is 1. The summed E-state index contributed by atoms with van der Waals surface area (Å²) in [4.78, 5) is 14.8. The lowest BCUT2D eigenvalue weighted by molar-refractivity contribution is -0.117. The number of benzene rings is 1. The molecular weight excluding hydrogens is 288 g/mol. The predicted octanol–water partition coefficient (Wildman–Crippen LogP) is 2.20. The van der Waals surface area contributed by atoms with E-state index in [9.17, 15) is 9.90 Å². The highest BCUT2D eigenvalue weighted by atomic mass is 16.3. The molecule has 1 aliphatic carbocycles. The number of piperidine rings is 1. The number of rotatable bonds is 3. The van der Waals surface area contributed by atoms with Crippen LogP contribution >= 0.6 is 0 Å². The summed E-state index contributed by atoms with van der Waals surface area (Å²) in [6, 6.07) is 6.29. The summed E-state index contributed by atoms with van der Waals surface area (Å²) in [7, 11) is 0. The Morgan fingerprint density at radius 1 is 1.22 bits per heavy atom. The highest BCUT2D eigenvalue weighted by molar-refractivity contribution is 5.71. The van der Waals surface area contributed by atoms with Gasteiger partial charge in [-0.15, -0.1) is 0 Å². The fraction of sp³-hybridized carbons (Fsp3) is 0.632. The molecule has 4 nitrogen and oxygen atoms in total. The molecule has 3 aliphatic rings. The van der Waals surface area contributed by atoms with Crippen LogP contribution in [-0.4, -0.2) is 42.0 Å². The van der Waals surface area contributed by atoms with Gasteiger partial charge in [0.05, 0.1) is 0 Å². The largest absolute Gasteiger partial charge is 0.508 e. The second kappa shape index (κ2) is 5.91. The number of carbonyl (C=O) groups excluding carboxylic acids is 1. The number of phenols is 1. The maximum absolute atomic E-state index is 12.2. The summed E-state index contributed by atoms with van der Waals surface area (Å²) in [6.45, 7) is 3.03. The molecule has 0 radical (unpaired) electrons. The molecule has 2 heterocycles. The van der Waals surface area contributed by atoms with Crippen molar-refractivity contribution >= 4 is 6.29 Å². The zero-order valence-corrected chi connectivity index (χ0v) is 13.6. The van der Waals surface area contributed by atoms with Crippen LogP contribution in [0.15, 0.2) is 18.2 Å². The molecule has 0 aromatic heterocycles. The van der Waals surface area contributed by atoms with Crippen LogP contribution in [0.25, 0.3) is 0 Å². The highest BCUT2D eigenvalue weighted by Gasteiger charge is 2.45. The van der Waals surface area contributed by atoms with Crippen molar-refractivity contribution in [3.8, 4) is 5.75 Å². The van der Waals surface area contributed by atoms with E-state index < -0.39 is 5.54 Å². The lowest BCUT2D eigenvalue weighted by Gasteiger charge is -2.48. The lowest BCUT2D eigenvalue weighted by atomic mass is 9.70. The topological polar surface area (TPSA) is 52.6 Å². The van der Waals surface area contributed by atoms with Crippen molar-refractivity contribution in [3.05, 3.63) is 29.3 Å². The third-order valence-electron chi connectivity index (χ3n) is 6.30. The first-order valence-electron chi connectivity index (χ1n) is 9.01. The molecule has 124 valence electrons. The number of likely N-dealkylation sites (tertiary alicyclic amines) is 1. The summed E-state index contributed by atoms with van der Waals surface area (Å²) >= 11 is 0. The molecule has 1 unspecified atom stereocenters. The van der Waals surface area contributed by atoms with Crippen LogP contribution in [0.3, 0.4) is 0 Å². The Hall–Kier alpha value is -1.39. The SMILES string of the molecule is O=CC1(C2CCN(C3CCC3)CC2)NCCc2cc(O)ccc21. The Morgan fingerprint density at radius 2 is 2.00 bits per heavy atom. The van der Waals surface area contributed by atoms with Crippen LogP contribution in [-0.2, 0) is 16.8 Å². The molecular formula is C19H26N2O2. The summed E-state index contributed by atoms with van der Waals surface area (Å²) in [5, 5.41) is 13.3. The minimum absolute atomic E-state index is 0.297. The molecule has 1 saturated carbocycles. The molecule has 1 aromatic rings. The maximum Gasteiger partial charge on any atom is 0.144 e.